The van der Waals surface area contributed by atoms with Gasteiger partial charge in [-0.3, -0.25) is 9.58 Å². The number of aryl methyl sites for hydroxylation is 1. The molecule has 102 valence electrons. The average Bonchev–Trinajstić information content (AvgIpc) is 2.83. The molecule has 0 radical (unpaired) electrons. The monoisotopic (exact) mass is 250 g/mol. The molecule has 1 heterocycles. The van der Waals surface area contributed by atoms with Crippen LogP contribution in [-0.4, -0.2) is 40.9 Å². The summed E-state index contributed by atoms with van der Waals surface area (Å²) in [5, 5.41) is 7.67. The molecule has 4 nitrogen and oxygen atoms in total. The van der Waals surface area contributed by atoms with E-state index in [-0.39, 0.29) is 0 Å². The second-order valence-corrected chi connectivity index (χ2v) is 5.52. The molecule has 0 aromatic carbocycles. The highest BCUT2D eigenvalue weighted by Crippen LogP contribution is 2.28. The third-order valence-corrected chi connectivity index (χ3v) is 4.58. The van der Waals surface area contributed by atoms with Gasteiger partial charge in [-0.1, -0.05) is 0 Å². The molecular weight excluding hydrogens is 224 g/mol. The van der Waals surface area contributed by atoms with E-state index in [1.165, 1.54) is 31.4 Å². The summed E-state index contributed by atoms with van der Waals surface area (Å²) in [6.07, 6.45) is 7.07. The van der Waals surface area contributed by atoms with Crippen LogP contribution >= 0.6 is 0 Å². The number of nitrogens with zero attached hydrogens (tertiary/aromatic N) is 3. The lowest BCUT2D eigenvalue weighted by atomic mass is 9.89. The maximum absolute atomic E-state index is 4.27. The zero-order valence-electron chi connectivity index (χ0n) is 12.1. The molecule has 0 aliphatic heterocycles. The van der Waals surface area contributed by atoms with Crippen molar-refractivity contribution >= 4 is 0 Å². The lowest BCUT2D eigenvalue weighted by molar-refractivity contribution is 0.132. The fourth-order valence-corrected chi connectivity index (χ4v) is 3.09. The summed E-state index contributed by atoms with van der Waals surface area (Å²) in [7, 11) is 6.35. The third-order valence-electron chi connectivity index (χ3n) is 4.58. The molecule has 1 aliphatic rings. The van der Waals surface area contributed by atoms with Crippen LogP contribution in [0, 0.1) is 0 Å². The molecule has 1 aliphatic carbocycles. The molecule has 1 saturated carbocycles. The highest BCUT2D eigenvalue weighted by atomic mass is 15.3. The predicted octanol–water partition coefficient (Wildman–Crippen LogP) is 1.94. The van der Waals surface area contributed by atoms with Crippen molar-refractivity contribution < 1.29 is 0 Å². The Hall–Kier alpha value is -0.870. The normalized spacial score (nSPS) is 26.5. The first-order chi connectivity index (χ1) is 8.63. The van der Waals surface area contributed by atoms with E-state index in [1.54, 1.807) is 0 Å². The van der Waals surface area contributed by atoms with Gasteiger partial charge in [0.25, 0.3) is 0 Å². The Labute approximate surface area is 110 Å². The third kappa shape index (κ3) is 2.75. The van der Waals surface area contributed by atoms with Gasteiger partial charge in [0.15, 0.2) is 0 Å². The molecule has 1 fully saturated rings. The maximum atomic E-state index is 4.27. The van der Waals surface area contributed by atoms with Crippen LogP contribution in [-0.2, 0) is 7.05 Å². The topological polar surface area (TPSA) is 33.1 Å². The van der Waals surface area contributed by atoms with Gasteiger partial charge in [0, 0.05) is 31.4 Å². The van der Waals surface area contributed by atoms with Crippen molar-refractivity contribution in [2.75, 3.05) is 14.1 Å². The largest absolute Gasteiger partial charge is 0.317 e. The zero-order chi connectivity index (χ0) is 13.1. The number of nitrogens with one attached hydrogen (secondary N) is 1. The fraction of sp³-hybridized carbons (Fsp3) is 0.786. The molecule has 0 saturated heterocycles. The number of hydrogen-bond acceptors (Lipinski definition) is 3. The first-order valence-electron chi connectivity index (χ1n) is 7.00. The number of aromatic nitrogens is 2. The maximum Gasteiger partial charge on any atom is 0.0549 e. The van der Waals surface area contributed by atoms with Gasteiger partial charge in [0.05, 0.1) is 5.69 Å². The number of hydrogen-bond donors (Lipinski definition) is 1. The van der Waals surface area contributed by atoms with Gasteiger partial charge in [-0.15, -0.1) is 0 Å². The van der Waals surface area contributed by atoms with Crippen molar-refractivity contribution in [3.63, 3.8) is 0 Å². The Balaban J connectivity index is 1.95. The summed E-state index contributed by atoms with van der Waals surface area (Å²) in [5.41, 5.74) is 1.30. The van der Waals surface area contributed by atoms with Crippen molar-refractivity contribution in [2.45, 2.75) is 50.7 Å². The molecule has 1 unspecified atom stereocenters. The molecule has 18 heavy (non-hydrogen) atoms. The van der Waals surface area contributed by atoms with Crippen LogP contribution < -0.4 is 5.32 Å². The lowest BCUT2D eigenvalue weighted by Gasteiger charge is -2.37. The molecule has 0 spiro atoms. The van der Waals surface area contributed by atoms with Crippen molar-refractivity contribution in [1.82, 2.24) is 20.0 Å². The van der Waals surface area contributed by atoms with Crippen LogP contribution in [0.25, 0.3) is 0 Å². The van der Waals surface area contributed by atoms with E-state index in [0.717, 1.165) is 6.04 Å². The smallest absolute Gasteiger partial charge is 0.0549 e. The van der Waals surface area contributed by atoms with Crippen molar-refractivity contribution in [3.8, 4) is 0 Å². The molecular formula is C14H26N4. The summed E-state index contributed by atoms with van der Waals surface area (Å²) in [5.74, 6) is 0. The minimum Gasteiger partial charge on any atom is -0.317 e. The Bertz CT molecular complexity index is 366. The Morgan fingerprint density at radius 2 is 2.06 bits per heavy atom. The summed E-state index contributed by atoms with van der Waals surface area (Å²) in [4.78, 5) is 2.52. The van der Waals surface area contributed by atoms with Crippen LogP contribution in [0.1, 0.15) is 44.3 Å². The first kappa shape index (κ1) is 13.6. The second-order valence-electron chi connectivity index (χ2n) is 5.52. The quantitative estimate of drug-likeness (QED) is 0.886. The Morgan fingerprint density at radius 1 is 1.39 bits per heavy atom. The van der Waals surface area contributed by atoms with Crippen LogP contribution in [0.4, 0.5) is 0 Å². The molecule has 2 rings (SSSR count). The van der Waals surface area contributed by atoms with Crippen LogP contribution in [0.3, 0.4) is 0 Å². The standard InChI is InChI=1S/C14H26N4/c1-11(14-9-10-16-18(14)4)17(3)13-7-5-12(15-2)6-8-13/h9-13,15H,5-8H2,1-4H3. The van der Waals surface area contributed by atoms with Crippen molar-refractivity contribution in [2.24, 2.45) is 7.05 Å². The van der Waals surface area contributed by atoms with E-state index in [4.69, 9.17) is 0 Å². The van der Waals surface area contributed by atoms with Gasteiger partial charge in [-0.05, 0) is 52.8 Å². The molecule has 1 N–H and O–H groups in total. The van der Waals surface area contributed by atoms with Gasteiger partial charge >= 0.3 is 0 Å². The van der Waals surface area contributed by atoms with E-state index in [9.17, 15) is 0 Å². The van der Waals surface area contributed by atoms with Crippen molar-refractivity contribution in [3.05, 3.63) is 18.0 Å². The van der Waals surface area contributed by atoms with Gasteiger partial charge in [-0.2, -0.15) is 5.10 Å². The molecule has 1 aromatic rings. The van der Waals surface area contributed by atoms with Crippen LogP contribution in [0.2, 0.25) is 0 Å². The van der Waals surface area contributed by atoms with Crippen molar-refractivity contribution in [1.29, 1.82) is 0 Å². The zero-order valence-corrected chi connectivity index (χ0v) is 12.1. The molecule has 4 heteroatoms. The lowest BCUT2D eigenvalue weighted by Crippen LogP contribution is -2.41. The minimum atomic E-state index is 0.439. The molecule has 1 aromatic heterocycles. The van der Waals surface area contributed by atoms with Crippen LogP contribution in [0.5, 0.6) is 0 Å². The van der Waals surface area contributed by atoms with E-state index in [1.807, 2.05) is 17.9 Å². The SMILES string of the molecule is CNC1CCC(N(C)C(C)c2ccnn2C)CC1. The van der Waals surface area contributed by atoms with E-state index >= 15 is 0 Å². The summed E-state index contributed by atoms with van der Waals surface area (Å²) >= 11 is 0. The number of rotatable bonds is 4. The molecule has 0 amide bonds. The van der Waals surface area contributed by atoms with Gasteiger partial charge in [0.1, 0.15) is 0 Å². The molecule has 1 atom stereocenters. The van der Waals surface area contributed by atoms with E-state index in [2.05, 4.69) is 42.4 Å². The first-order valence-corrected chi connectivity index (χ1v) is 7.00. The Kier molecular flexibility index (Phi) is 4.40. The summed E-state index contributed by atoms with van der Waals surface area (Å²) < 4.78 is 1.99. The fourth-order valence-electron chi connectivity index (χ4n) is 3.09. The van der Waals surface area contributed by atoms with Gasteiger partial charge < -0.3 is 5.32 Å². The van der Waals surface area contributed by atoms with Crippen LogP contribution in [0.15, 0.2) is 12.3 Å². The van der Waals surface area contributed by atoms with Gasteiger partial charge in [0.2, 0.25) is 0 Å². The van der Waals surface area contributed by atoms with Gasteiger partial charge in [-0.25, -0.2) is 0 Å². The average molecular weight is 250 g/mol. The minimum absolute atomic E-state index is 0.439. The summed E-state index contributed by atoms with van der Waals surface area (Å²) in [6.45, 7) is 2.28. The highest BCUT2D eigenvalue weighted by molar-refractivity contribution is 5.06. The highest BCUT2D eigenvalue weighted by Gasteiger charge is 2.27. The van der Waals surface area contributed by atoms with E-state index < -0.39 is 0 Å². The predicted molar refractivity (Wildman–Crippen MR) is 74.5 cm³/mol. The summed E-state index contributed by atoms with van der Waals surface area (Å²) in [6, 6.07) is 4.00. The second kappa shape index (κ2) is 5.85. The molecule has 0 bridgehead atoms. The van der Waals surface area contributed by atoms with E-state index in [0.29, 0.717) is 12.1 Å². The Morgan fingerprint density at radius 3 is 2.56 bits per heavy atom.